The molecule has 0 N–H and O–H groups in total. The Morgan fingerprint density at radius 1 is 1.27 bits per heavy atom. The van der Waals surface area contributed by atoms with E-state index in [0.29, 0.717) is 0 Å². The lowest BCUT2D eigenvalue weighted by molar-refractivity contribution is 1.11. The first-order valence-electron chi connectivity index (χ1n) is 7.30. The Morgan fingerprint density at radius 3 is 2.73 bits per heavy atom. The number of allylic oxidation sites excluding steroid dienone is 2. The number of benzene rings is 1. The van der Waals surface area contributed by atoms with Crippen LogP contribution in [0.15, 0.2) is 41.7 Å². The fourth-order valence-electron chi connectivity index (χ4n) is 2.99. The molecule has 0 amide bonds. The summed E-state index contributed by atoms with van der Waals surface area (Å²) < 4.78 is 1.70. The van der Waals surface area contributed by atoms with Crippen LogP contribution in [0.25, 0.3) is 28.6 Å². The van der Waals surface area contributed by atoms with E-state index in [-0.39, 0.29) is 5.56 Å². The smallest absolute Gasteiger partial charge is 0.264 e. The molecule has 110 valence electrons. The molecule has 2 heterocycles. The molecule has 3 nitrogen and oxygen atoms in total. The maximum atomic E-state index is 13.0. The second kappa shape index (κ2) is 5.26. The van der Waals surface area contributed by atoms with Crippen molar-refractivity contribution in [2.75, 3.05) is 0 Å². The van der Waals surface area contributed by atoms with E-state index in [0.717, 1.165) is 38.6 Å². The summed E-state index contributed by atoms with van der Waals surface area (Å²) in [6.07, 6.45) is 7.43. The normalized spacial score (nSPS) is 12.8. The summed E-state index contributed by atoms with van der Waals surface area (Å²) in [5.74, 6) is 0. The van der Waals surface area contributed by atoms with Gasteiger partial charge in [-0.1, -0.05) is 36.9 Å². The van der Waals surface area contributed by atoms with Gasteiger partial charge in [0.2, 0.25) is 0 Å². The van der Waals surface area contributed by atoms with E-state index in [1.165, 1.54) is 0 Å². The Balaban J connectivity index is 2.68. The standard InChI is InChI=1S/C19H18N2O/c1-5-7-11-16-13(4)20-18-14(6-2)17-12(3)9-8-10-15(17)19(22)21(16)18/h5-11H,1H2,2-4H3/b11-7-,14-6+. The summed E-state index contributed by atoms with van der Waals surface area (Å²) in [5.41, 5.74) is 3.44. The number of aromatic nitrogens is 2. The molecule has 3 aromatic rings. The lowest BCUT2D eigenvalue weighted by Gasteiger charge is -2.05. The summed E-state index contributed by atoms with van der Waals surface area (Å²) in [6, 6.07) is 5.83. The molecule has 0 unspecified atom stereocenters. The molecule has 0 saturated heterocycles. The molecule has 0 aliphatic rings. The van der Waals surface area contributed by atoms with Crippen LogP contribution in [0, 0.1) is 13.8 Å². The molecule has 2 aromatic heterocycles. The van der Waals surface area contributed by atoms with Gasteiger partial charge in [-0.2, -0.15) is 0 Å². The molecule has 0 bridgehead atoms. The molecule has 0 fully saturated rings. The van der Waals surface area contributed by atoms with E-state index < -0.39 is 0 Å². The second-order valence-corrected chi connectivity index (χ2v) is 5.34. The number of aryl methyl sites for hydroxylation is 2. The first kappa shape index (κ1) is 14.3. The molecule has 1 aromatic carbocycles. The quantitative estimate of drug-likeness (QED) is 0.679. The van der Waals surface area contributed by atoms with Crippen LogP contribution in [0.1, 0.15) is 23.9 Å². The molecule has 3 rings (SSSR count). The van der Waals surface area contributed by atoms with Crippen LogP contribution in [0.4, 0.5) is 0 Å². The van der Waals surface area contributed by atoms with E-state index in [9.17, 15) is 4.79 Å². The number of hydrogen-bond donors (Lipinski definition) is 0. The molecule has 0 atom stereocenters. The third-order valence-corrected chi connectivity index (χ3v) is 3.99. The highest BCUT2D eigenvalue weighted by molar-refractivity contribution is 5.89. The number of imidazole rings is 1. The zero-order chi connectivity index (χ0) is 15.9. The first-order chi connectivity index (χ1) is 10.6. The number of rotatable bonds is 2. The lowest BCUT2D eigenvalue weighted by atomic mass is 10.0. The largest absolute Gasteiger partial charge is 0.268 e. The van der Waals surface area contributed by atoms with Gasteiger partial charge in [-0.05, 0) is 38.5 Å². The van der Waals surface area contributed by atoms with Crippen molar-refractivity contribution < 1.29 is 0 Å². The minimum atomic E-state index is -0.0244. The van der Waals surface area contributed by atoms with Crippen molar-refractivity contribution in [1.29, 1.82) is 0 Å². The van der Waals surface area contributed by atoms with Gasteiger partial charge in [0.15, 0.2) is 0 Å². The Labute approximate surface area is 128 Å². The number of nitrogens with zero attached hydrogens (tertiary/aromatic N) is 2. The van der Waals surface area contributed by atoms with Crippen molar-refractivity contribution in [2.24, 2.45) is 0 Å². The summed E-state index contributed by atoms with van der Waals surface area (Å²) in [6.45, 7) is 9.62. The van der Waals surface area contributed by atoms with Crippen LogP contribution in [-0.4, -0.2) is 9.38 Å². The molecule has 3 heteroatoms. The van der Waals surface area contributed by atoms with Gasteiger partial charge in [-0.15, -0.1) is 0 Å². The van der Waals surface area contributed by atoms with E-state index in [1.54, 1.807) is 10.5 Å². The van der Waals surface area contributed by atoms with Gasteiger partial charge in [0, 0.05) is 16.0 Å². The Kier molecular flexibility index (Phi) is 3.41. The number of fused-ring (bicyclic) bond motifs is 2. The first-order valence-corrected chi connectivity index (χ1v) is 7.30. The van der Waals surface area contributed by atoms with Crippen molar-refractivity contribution in [1.82, 2.24) is 9.38 Å². The van der Waals surface area contributed by atoms with Gasteiger partial charge < -0.3 is 0 Å². The van der Waals surface area contributed by atoms with Crippen LogP contribution < -0.4 is 10.8 Å². The minimum Gasteiger partial charge on any atom is -0.268 e. The van der Waals surface area contributed by atoms with Crippen LogP contribution in [0.3, 0.4) is 0 Å². The van der Waals surface area contributed by atoms with Gasteiger partial charge >= 0.3 is 0 Å². The summed E-state index contributed by atoms with van der Waals surface area (Å²) in [4.78, 5) is 17.6. The van der Waals surface area contributed by atoms with Crippen LogP contribution in [0.2, 0.25) is 0 Å². The van der Waals surface area contributed by atoms with E-state index in [2.05, 4.69) is 11.6 Å². The Morgan fingerprint density at radius 2 is 2.05 bits per heavy atom. The van der Waals surface area contributed by atoms with Gasteiger partial charge in [-0.3, -0.25) is 9.20 Å². The van der Waals surface area contributed by atoms with Gasteiger partial charge in [-0.25, -0.2) is 4.98 Å². The minimum absolute atomic E-state index is 0.0244. The summed E-state index contributed by atoms with van der Waals surface area (Å²) in [5, 5.41) is 2.73. The lowest BCUT2D eigenvalue weighted by Crippen LogP contribution is -2.22. The molecular formula is C19H18N2O. The maximum absolute atomic E-state index is 13.0. The zero-order valence-corrected chi connectivity index (χ0v) is 13.1. The van der Waals surface area contributed by atoms with E-state index in [1.807, 2.05) is 57.2 Å². The third kappa shape index (κ3) is 1.90. The highest BCUT2D eigenvalue weighted by Gasteiger charge is 2.14. The fraction of sp³-hybridized carbons (Fsp3) is 0.158. The topological polar surface area (TPSA) is 34.4 Å². The van der Waals surface area contributed by atoms with Crippen molar-refractivity contribution in [3.63, 3.8) is 0 Å². The fourth-order valence-corrected chi connectivity index (χ4v) is 2.99. The van der Waals surface area contributed by atoms with Gasteiger partial charge in [0.05, 0.1) is 11.4 Å². The van der Waals surface area contributed by atoms with Crippen LogP contribution in [0.5, 0.6) is 0 Å². The highest BCUT2D eigenvalue weighted by Crippen LogP contribution is 2.16. The molecule has 0 radical (unpaired) electrons. The van der Waals surface area contributed by atoms with Crippen molar-refractivity contribution in [3.8, 4) is 0 Å². The zero-order valence-electron chi connectivity index (χ0n) is 13.1. The Bertz CT molecular complexity index is 1040. The van der Waals surface area contributed by atoms with E-state index in [4.69, 9.17) is 0 Å². The SMILES string of the molecule is C=C/C=C\c1c(C)nc2/c(=C/C)c3c(C)cccc3c(=O)n12. The molecular weight excluding hydrogens is 272 g/mol. The van der Waals surface area contributed by atoms with Crippen molar-refractivity contribution in [3.05, 3.63) is 69.5 Å². The average Bonchev–Trinajstić information content (AvgIpc) is 2.83. The summed E-state index contributed by atoms with van der Waals surface area (Å²) >= 11 is 0. The monoisotopic (exact) mass is 290 g/mol. The van der Waals surface area contributed by atoms with Crippen LogP contribution >= 0.6 is 0 Å². The van der Waals surface area contributed by atoms with Crippen molar-refractivity contribution in [2.45, 2.75) is 20.8 Å². The second-order valence-electron chi connectivity index (χ2n) is 5.34. The molecule has 0 saturated carbocycles. The van der Waals surface area contributed by atoms with Gasteiger partial charge in [0.1, 0.15) is 5.65 Å². The van der Waals surface area contributed by atoms with Gasteiger partial charge in [0.25, 0.3) is 5.56 Å². The molecule has 0 spiro atoms. The molecule has 0 aliphatic carbocycles. The number of pyridine rings is 1. The molecule has 0 aliphatic heterocycles. The third-order valence-electron chi connectivity index (χ3n) is 3.99. The van der Waals surface area contributed by atoms with Crippen molar-refractivity contribution >= 4 is 28.6 Å². The Hall–Kier alpha value is -2.68. The average molecular weight is 290 g/mol. The maximum Gasteiger partial charge on any atom is 0.264 e. The highest BCUT2D eigenvalue weighted by atomic mass is 16.1. The predicted octanol–water partition coefficient (Wildman–Crippen LogP) is 3.18. The number of hydrogen-bond acceptors (Lipinski definition) is 2. The van der Waals surface area contributed by atoms with E-state index >= 15 is 0 Å². The molecule has 22 heavy (non-hydrogen) atoms. The van der Waals surface area contributed by atoms with Crippen LogP contribution in [-0.2, 0) is 0 Å². The summed E-state index contributed by atoms with van der Waals surface area (Å²) in [7, 11) is 0. The predicted molar refractivity (Wildman–Crippen MR) is 93.0 cm³/mol.